The maximum absolute atomic E-state index is 13.1. The van der Waals surface area contributed by atoms with Crippen molar-refractivity contribution in [3.8, 4) is 0 Å². The maximum atomic E-state index is 13.1. The zero-order chi connectivity index (χ0) is 18.2. The molecule has 9 heteroatoms. The lowest BCUT2D eigenvalue weighted by Gasteiger charge is -2.32. The lowest BCUT2D eigenvalue weighted by Crippen LogP contribution is -2.53. The zero-order valence-electron chi connectivity index (χ0n) is 13.8. The second kappa shape index (κ2) is 6.62. The number of carbonyl (C=O) groups excluding carboxylic acids is 2. The van der Waals surface area contributed by atoms with Crippen LogP contribution < -0.4 is 10.2 Å². The first-order valence-corrected chi connectivity index (χ1v) is 8.15. The first kappa shape index (κ1) is 17.7. The topological polar surface area (TPSA) is 65.5 Å². The Labute approximate surface area is 143 Å². The van der Waals surface area contributed by atoms with E-state index in [1.54, 1.807) is 4.90 Å². The van der Waals surface area contributed by atoms with Crippen LogP contribution in [0.25, 0.3) is 0 Å². The number of nitrogens with zero attached hydrogens (tertiary/aromatic N) is 3. The number of aryl methyl sites for hydroxylation is 1. The molecule has 6 nitrogen and oxygen atoms in total. The first-order valence-electron chi connectivity index (χ1n) is 8.15. The highest BCUT2D eigenvalue weighted by molar-refractivity contribution is 6.03. The van der Waals surface area contributed by atoms with Crippen LogP contribution in [0.5, 0.6) is 0 Å². The smallest absolute Gasteiger partial charge is 0.338 e. The van der Waals surface area contributed by atoms with E-state index >= 15 is 0 Å². The molecule has 2 fully saturated rings. The van der Waals surface area contributed by atoms with Gasteiger partial charge in [-0.05, 0) is 25.5 Å². The van der Waals surface area contributed by atoms with Crippen molar-refractivity contribution in [1.82, 2.24) is 15.2 Å². The monoisotopic (exact) mass is 356 g/mol. The summed E-state index contributed by atoms with van der Waals surface area (Å²) in [6.07, 6.45) is -4.12. The van der Waals surface area contributed by atoms with Gasteiger partial charge >= 0.3 is 6.18 Å². The van der Waals surface area contributed by atoms with E-state index in [0.29, 0.717) is 32.6 Å². The molecule has 0 bridgehead atoms. The fourth-order valence-corrected chi connectivity index (χ4v) is 3.24. The molecular formula is C16H19F3N4O2. The molecule has 0 spiro atoms. The SMILES string of the molecule is Cc1cc(C(F)(F)F)cc(N2C(=O)CCC2C(=O)N2CCNCC2)n1. The normalized spacial score (nSPS) is 21.8. The quantitative estimate of drug-likeness (QED) is 0.869. The van der Waals surface area contributed by atoms with Crippen molar-refractivity contribution in [1.29, 1.82) is 0 Å². The Kier molecular flexibility index (Phi) is 4.68. The average molecular weight is 356 g/mol. The third-order valence-corrected chi connectivity index (χ3v) is 4.44. The van der Waals surface area contributed by atoms with Crippen molar-refractivity contribution in [2.24, 2.45) is 0 Å². The number of alkyl halides is 3. The summed E-state index contributed by atoms with van der Waals surface area (Å²) in [6, 6.07) is 0.979. The molecule has 2 amide bonds. The minimum Gasteiger partial charge on any atom is -0.338 e. The second-order valence-electron chi connectivity index (χ2n) is 6.25. The highest BCUT2D eigenvalue weighted by Crippen LogP contribution is 2.34. The van der Waals surface area contributed by atoms with Gasteiger partial charge in [0.25, 0.3) is 0 Å². The van der Waals surface area contributed by atoms with Gasteiger partial charge in [0.15, 0.2) is 0 Å². The van der Waals surface area contributed by atoms with Gasteiger partial charge < -0.3 is 10.2 Å². The number of piperazine rings is 1. The molecule has 136 valence electrons. The van der Waals surface area contributed by atoms with Crippen molar-refractivity contribution < 1.29 is 22.8 Å². The second-order valence-corrected chi connectivity index (χ2v) is 6.25. The Balaban J connectivity index is 1.92. The van der Waals surface area contributed by atoms with Gasteiger partial charge in [-0.15, -0.1) is 0 Å². The molecule has 0 aromatic carbocycles. The van der Waals surface area contributed by atoms with Crippen LogP contribution in [0.4, 0.5) is 19.0 Å². The lowest BCUT2D eigenvalue weighted by atomic mass is 10.1. The molecule has 1 aromatic rings. The molecule has 0 saturated carbocycles. The van der Waals surface area contributed by atoms with E-state index in [0.717, 1.165) is 17.0 Å². The van der Waals surface area contributed by atoms with Crippen molar-refractivity contribution in [3.63, 3.8) is 0 Å². The number of anilines is 1. The predicted molar refractivity (Wildman–Crippen MR) is 83.9 cm³/mol. The van der Waals surface area contributed by atoms with Gasteiger partial charge in [0.2, 0.25) is 11.8 Å². The summed E-state index contributed by atoms with van der Waals surface area (Å²) in [4.78, 5) is 31.9. The Morgan fingerprint density at radius 1 is 1.28 bits per heavy atom. The summed E-state index contributed by atoms with van der Waals surface area (Å²) in [5.74, 6) is -0.716. The summed E-state index contributed by atoms with van der Waals surface area (Å²) in [7, 11) is 0. The van der Waals surface area contributed by atoms with E-state index in [1.807, 2.05) is 0 Å². The molecule has 2 saturated heterocycles. The molecule has 25 heavy (non-hydrogen) atoms. The highest BCUT2D eigenvalue weighted by Gasteiger charge is 2.41. The maximum Gasteiger partial charge on any atom is 0.416 e. The number of nitrogens with one attached hydrogen (secondary N) is 1. The van der Waals surface area contributed by atoms with Crippen LogP contribution in [0, 0.1) is 6.92 Å². The summed E-state index contributed by atoms with van der Waals surface area (Å²) in [6.45, 7) is 3.80. The highest BCUT2D eigenvalue weighted by atomic mass is 19.4. The van der Waals surface area contributed by atoms with E-state index in [4.69, 9.17) is 0 Å². The Morgan fingerprint density at radius 3 is 2.60 bits per heavy atom. The van der Waals surface area contributed by atoms with Gasteiger partial charge in [-0.1, -0.05) is 0 Å². The number of halogens is 3. The molecule has 3 heterocycles. The largest absolute Gasteiger partial charge is 0.416 e. The molecule has 1 aromatic heterocycles. The molecule has 2 aliphatic heterocycles. The molecule has 1 N–H and O–H groups in total. The molecule has 2 aliphatic rings. The average Bonchev–Trinajstić information content (AvgIpc) is 2.95. The van der Waals surface area contributed by atoms with Crippen molar-refractivity contribution in [2.45, 2.75) is 32.0 Å². The van der Waals surface area contributed by atoms with Crippen LogP contribution in [0.3, 0.4) is 0 Å². The van der Waals surface area contributed by atoms with Crippen LogP contribution >= 0.6 is 0 Å². The summed E-state index contributed by atoms with van der Waals surface area (Å²) >= 11 is 0. The Hall–Kier alpha value is -2.16. The first-order chi connectivity index (χ1) is 11.8. The fraction of sp³-hybridized carbons (Fsp3) is 0.562. The number of pyridine rings is 1. The van der Waals surface area contributed by atoms with Gasteiger partial charge in [-0.25, -0.2) is 4.98 Å². The predicted octanol–water partition coefficient (Wildman–Crippen LogP) is 1.34. The van der Waals surface area contributed by atoms with Crippen molar-refractivity contribution >= 4 is 17.6 Å². The van der Waals surface area contributed by atoms with Crippen LogP contribution in [-0.2, 0) is 15.8 Å². The number of aromatic nitrogens is 1. The molecule has 1 unspecified atom stereocenters. The van der Waals surface area contributed by atoms with E-state index in [9.17, 15) is 22.8 Å². The van der Waals surface area contributed by atoms with Gasteiger partial charge in [-0.3, -0.25) is 14.5 Å². The molecule has 0 aliphatic carbocycles. The number of hydrogen-bond donors (Lipinski definition) is 1. The third kappa shape index (κ3) is 3.60. The van der Waals surface area contributed by atoms with E-state index < -0.39 is 17.8 Å². The summed E-state index contributed by atoms with van der Waals surface area (Å²) in [5, 5.41) is 3.13. The minimum atomic E-state index is -4.54. The Morgan fingerprint density at radius 2 is 1.96 bits per heavy atom. The van der Waals surface area contributed by atoms with Crippen LogP contribution in [0.1, 0.15) is 24.1 Å². The molecular weight excluding hydrogens is 337 g/mol. The van der Waals surface area contributed by atoms with Gasteiger partial charge in [0, 0.05) is 38.3 Å². The van der Waals surface area contributed by atoms with Crippen molar-refractivity contribution in [3.05, 3.63) is 23.4 Å². The summed E-state index contributed by atoms with van der Waals surface area (Å²) in [5.41, 5.74) is -0.721. The molecule has 1 atom stereocenters. The standard InChI is InChI=1S/C16H19F3N4O2/c1-10-8-11(16(17,18)19)9-13(21-10)23-12(2-3-14(23)24)15(25)22-6-4-20-5-7-22/h8-9,12,20H,2-7H2,1H3. The number of carbonyl (C=O) groups is 2. The molecule has 3 rings (SSSR count). The van der Waals surface area contributed by atoms with Gasteiger partial charge in [-0.2, -0.15) is 13.2 Å². The van der Waals surface area contributed by atoms with Crippen LogP contribution in [-0.4, -0.2) is 53.9 Å². The van der Waals surface area contributed by atoms with E-state index in [1.165, 1.54) is 6.92 Å². The number of rotatable bonds is 2. The van der Waals surface area contributed by atoms with Crippen LogP contribution in [0.2, 0.25) is 0 Å². The number of hydrogen-bond acceptors (Lipinski definition) is 4. The summed E-state index contributed by atoms with van der Waals surface area (Å²) < 4.78 is 39.2. The Bertz CT molecular complexity index is 686. The van der Waals surface area contributed by atoms with E-state index in [2.05, 4.69) is 10.3 Å². The third-order valence-electron chi connectivity index (χ3n) is 4.44. The minimum absolute atomic E-state index is 0.108. The van der Waals surface area contributed by atoms with Crippen LogP contribution in [0.15, 0.2) is 12.1 Å². The fourth-order valence-electron chi connectivity index (χ4n) is 3.24. The lowest BCUT2D eigenvalue weighted by molar-refractivity contribution is -0.137. The van der Waals surface area contributed by atoms with E-state index in [-0.39, 0.29) is 29.7 Å². The number of amides is 2. The zero-order valence-corrected chi connectivity index (χ0v) is 13.8. The van der Waals surface area contributed by atoms with Crippen molar-refractivity contribution in [2.75, 3.05) is 31.1 Å². The molecule has 0 radical (unpaired) electrons. The van der Waals surface area contributed by atoms with Gasteiger partial charge in [0.1, 0.15) is 11.9 Å². The van der Waals surface area contributed by atoms with Gasteiger partial charge in [0.05, 0.1) is 5.56 Å².